The zero-order valence-electron chi connectivity index (χ0n) is 24.1. The second kappa shape index (κ2) is 9.86. The van der Waals surface area contributed by atoms with Gasteiger partial charge in [0.15, 0.2) is 0 Å². The maximum absolute atomic E-state index is 2.42. The summed E-state index contributed by atoms with van der Waals surface area (Å²) in [5.41, 5.74) is 12.1. The topological polar surface area (TPSA) is 9.86 Å². The number of para-hydroxylation sites is 4. The average Bonchev–Trinajstić information content (AvgIpc) is 3.62. The smallest absolute Gasteiger partial charge is 0.0619 e. The minimum Gasteiger partial charge on any atom is -0.309 e. The van der Waals surface area contributed by atoms with Gasteiger partial charge in [0.25, 0.3) is 0 Å². The van der Waals surface area contributed by atoms with Gasteiger partial charge in [-0.25, -0.2) is 0 Å². The molecule has 0 saturated carbocycles. The van der Waals surface area contributed by atoms with Crippen LogP contribution in [0.5, 0.6) is 0 Å². The quantitative estimate of drug-likeness (QED) is 0.203. The van der Waals surface area contributed by atoms with Crippen LogP contribution in [0, 0.1) is 0 Å². The van der Waals surface area contributed by atoms with Crippen LogP contribution in [-0.2, 0) is 0 Å². The first kappa shape index (κ1) is 24.7. The Balaban J connectivity index is 1.27. The Morgan fingerprint density at radius 2 is 0.818 bits per heavy atom. The van der Waals surface area contributed by atoms with Gasteiger partial charge >= 0.3 is 0 Å². The molecule has 0 unspecified atom stereocenters. The molecule has 0 aliphatic rings. The van der Waals surface area contributed by atoms with Gasteiger partial charge in [-0.05, 0) is 65.2 Å². The molecule has 0 spiro atoms. The highest BCUT2D eigenvalue weighted by Crippen LogP contribution is 2.40. The summed E-state index contributed by atoms with van der Waals surface area (Å²) in [6, 6.07) is 61.4. The molecule has 0 fully saturated rings. The van der Waals surface area contributed by atoms with E-state index < -0.39 is 0 Å². The van der Waals surface area contributed by atoms with E-state index in [9.17, 15) is 0 Å². The number of fused-ring (bicyclic) bond motifs is 6. The summed E-state index contributed by atoms with van der Waals surface area (Å²) in [4.78, 5) is 0. The molecule has 7 aromatic carbocycles. The summed E-state index contributed by atoms with van der Waals surface area (Å²) in [7, 11) is 0. The number of nitrogens with zero attached hydrogens (tertiary/aromatic N) is 2. The van der Waals surface area contributed by atoms with Crippen LogP contribution in [-0.4, -0.2) is 9.13 Å². The molecule has 0 amide bonds. The fourth-order valence-corrected chi connectivity index (χ4v) is 6.95. The Morgan fingerprint density at radius 1 is 0.295 bits per heavy atom. The van der Waals surface area contributed by atoms with Gasteiger partial charge in [0, 0.05) is 38.5 Å². The third kappa shape index (κ3) is 3.75. The van der Waals surface area contributed by atoms with Crippen molar-refractivity contribution in [2.24, 2.45) is 0 Å². The van der Waals surface area contributed by atoms with Gasteiger partial charge in [0.1, 0.15) is 0 Å². The summed E-state index contributed by atoms with van der Waals surface area (Å²) in [6.45, 7) is 0. The summed E-state index contributed by atoms with van der Waals surface area (Å²) in [5.74, 6) is 0. The highest BCUT2D eigenvalue weighted by molar-refractivity contribution is 6.15. The van der Waals surface area contributed by atoms with Gasteiger partial charge in [-0.1, -0.05) is 121 Å². The van der Waals surface area contributed by atoms with Gasteiger partial charge in [-0.2, -0.15) is 0 Å². The largest absolute Gasteiger partial charge is 0.309 e. The molecule has 0 N–H and O–H groups in total. The molecule has 0 atom stereocenters. The van der Waals surface area contributed by atoms with Crippen LogP contribution in [0.4, 0.5) is 0 Å². The first-order valence-electron chi connectivity index (χ1n) is 15.1. The average molecular weight is 561 g/mol. The first-order chi connectivity index (χ1) is 21.8. The van der Waals surface area contributed by atoms with Crippen molar-refractivity contribution in [3.8, 4) is 33.6 Å². The van der Waals surface area contributed by atoms with E-state index in [1.54, 1.807) is 0 Å². The second-order valence-electron chi connectivity index (χ2n) is 11.4. The fourth-order valence-electron chi connectivity index (χ4n) is 6.95. The number of aromatic nitrogens is 2. The van der Waals surface area contributed by atoms with Gasteiger partial charge in [-0.15, -0.1) is 0 Å². The van der Waals surface area contributed by atoms with Crippen LogP contribution in [0.25, 0.3) is 77.2 Å². The van der Waals surface area contributed by atoms with Crippen molar-refractivity contribution in [3.05, 3.63) is 170 Å². The molecule has 2 nitrogen and oxygen atoms in total. The van der Waals surface area contributed by atoms with Gasteiger partial charge < -0.3 is 9.13 Å². The van der Waals surface area contributed by atoms with E-state index in [1.807, 2.05) is 0 Å². The standard InChI is InChI=1S/C42H28N2/c1-3-12-29(13-4-1)30-22-25-33(26-23-30)43-39-20-9-8-17-36(39)38-28-31(24-27-41(38)43)34-18-11-19-37-35-16-7-10-21-40(35)44(42(34)37)32-14-5-2-6-15-32/h1-28H. The van der Waals surface area contributed by atoms with E-state index in [0.717, 1.165) is 5.69 Å². The maximum atomic E-state index is 2.42. The summed E-state index contributed by atoms with van der Waals surface area (Å²) in [6.07, 6.45) is 0. The van der Waals surface area contributed by atoms with Crippen LogP contribution < -0.4 is 0 Å². The van der Waals surface area contributed by atoms with E-state index in [0.29, 0.717) is 0 Å². The SMILES string of the molecule is c1ccc(-c2ccc(-n3c4ccccc4c4cc(-c5cccc6c7ccccc7n(-c7ccccc7)c56)ccc43)cc2)cc1. The number of hydrogen-bond donors (Lipinski definition) is 0. The molecule has 206 valence electrons. The lowest BCUT2D eigenvalue weighted by molar-refractivity contribution is 1.18. The van der Waals surface area contributed by atoms with Crippen LogP contribution in [0.3, 0.4) is 0 Å². The predicted octanol–water partition coefficient (Wildman–Crippen LogP) is 11.2. The van der Waals surface area contributed by atoms with E-state index in [2.05, 4.69) is 179 Å². The Kier molecular flexibility index (Phi) is 5.54. The summed E-state index contributed by atoms with van der Waals surface area (Å²) < 4.78 is 4.81. The minimum atomic E-state index is 1.16. The lowest BCUT2D eigenvalue weighted by atomic mass is 10.00. The second-order valence-corrected chi connectivity index (χ2v) is 11.4. The van der Waals surface area contributed by atoms with Crippen molar-refractivity contribution >= 4 is 43.6 Å². The maximum Gasteiger partial charge on any atom is 0.0619 e. The molecule has 9 rings (SSSR count). The van der Waals surface area contributed by atoms with Crippen molar-refractivity contribution in [1.82, 2.24) is 9.13 Å². The highest BCUT2D eigenvalue weighted by Gasteiger charge is 2.18. The van der Waals surface area contributed by atoms with E-state index in [4.69, 9.17) is 0 Å². The molecule has 2 aromatic heterocycles. The van der Waals surface area contributed by atoms with Crippen molar-refractivity contribution in [2.75, 3.05) is 0 Å². The van der Waals surface area contributed by atoms with Crippen LogP contribution in [0.2, 0.25) is 0 Å². The van der Waals surface area contributed by atoms with Crippen molar-refractivity contribution < 1.29 is 0 Å². The van der Waals surface area contributed by atoms with Crippen LogP contribution in [0.1, 0.15) is 0 Å². The molecule has 2 heterocycles. The van der Waals surface area contributed by atoms with Crippen molar-refractivity contribution in [1.29, 1.82) is 0 Å². The molecule has 44 heavy (non-hydrogen) atoms. The Labute approximate surface area is 255 Å². The van der Waals surface area contributed by atoms with Crippen LogP contribution >= 0.6 is 0 Å². The molecule has 0 bridgehead atoms. The molecule has 0 aliphatic heterocycles. The highest BCUT2D eigenvalue weighted by atomic mass is 15.0. The lowest BCUT2D eigenvalue weighted by Gasteiger charge is -2.12. The van der Waals surface area contributed by atoms with E-state index >= 15 is 0 Å². The monoisotopic (exact) mass is 560 g/mol. The van der Waals surface area contributed by atoms with Crippen molar-refractivity contribution in [2.45, 2.75) is 0 Å². The number of rotatable bonds is 4. The minimum absolute atomic E-state index is 1.16. The molecule has 0 saturated heterocycles. The zero-order valence-corrected chi connectivity index (χ0v) is 24.1. The molecular formula is C42H28N2. The van der Waals surface area contributed by atoms with Gasteiger partial charge in [0.05, 0.1) is 22.1 Å². The predicted molar refractivity (Wildman–Crippen MR) is 186 cm³/mol. The summed E-state index contributed by atoms with van der Waals surface area (Å²) >= 11 is 0. The third-order valence-electron chi connectivity index (χ3n) is 8.93. The summed E-state index contributed by atoms with van der Waals surface area (Å²) in [5, 5.41) is 5.05. The van der Waals surface area contributed by atoms with E-state index in [-0.39, 0.29) is 0 Å². The fraction of sp³-hybridized carbons (Fsp3) is 0. The van der Waals surface area contributed by atoms with E-state index in [1.165, 1.54) is 71.6 Å². The number of benzene rings is 7. The zero-order chi connectivity index (χ0) is 29.0. The Hall–Kier alpha value is -5.86. The number of hydrogen-bond acceptors (Lipinski definition) is 0. The van der Waals surface area contributed by atoms with Crippen molar-refractivity contribution in [3.63, 3.8) is 0 Å². The van der Waals surface area contributed by atoms with Crippen LogP contribution in [0.15, 0.2) is 170 Å². The first-order valence-corrected chi connectivity index (χ1v) is 15.1. The van der Waals surface area contributed by atoms with Gasteiger partial charge in [0.2, 0.25) is 0 Å². The Bertz CT molecular complexity index is 2460. The molecule has 2 heteroatoms. The molecule has 9 aromatic rings. The lowest BCUT2D eigenvalue weighted by Crippen LogP contribution is -1.95. The molecule has 0 aliphatic carbocycles. The van der Waals surface area contributed by atoms with Gasteiger partial charge in [-0.3, -0.25) is 0 Å². The Morgan fingerprint density at radius 3 is 1.57 bits per heavy atom. The third-order valence-corrected chi connectivity index (χ3v) is 8.93. The molecule has 0 radical (unpaired) electrons. The molecular weight excluding hydrogens is 532 g/mol. The normalized spacial score (nSPS) is 11.6.